The molecule has 2 aromatic heterocycles. The van der Waals surface area contributed by atoms with Gasteiger partial charge in [0, 0.05) is 42.3 Å². The molecule has 1 aliphatic rings. The van der Waals surface area contributed by atoms with Gasteiger partial charge in [0.25, 0.3) is 0 Å². The summed E-state index contributed by atoms with van der Waals surface area (Å²) < 4.78 is 6.94. The molecular weight excluding hydrogens is 434 g/mol. The fraction of sp³-hybridized carbons (Fsp3) is 0.440. The summed E-state index contributed by atoms with van der Waals surface area (Å²) in [6, 6.07) is 5.79. The van der Waals surface area contributed by atoms with Crippen molar-refractivity contribution in [1.29, 1.82) is 0 Å². The number of piperidine rings is 1. The van der Waals surface area contributed by atoms with Crippen molar-refractivity contribution >= 4 is 23.5 Å². The number of thiazole rings is 1. The lowest BCUT2D eigenvalue weighted by Gasteiger charge is -2.31. The zero-order valence-electron chi connectivity index (χ0n) is 19.5. The Balaban J connectivity index is 1.30. The first-order valence-electron chi connectivity index (χ1n) is 11.6. The third-order valence-corrected chi connectivity index (χ3v) is 7.03. The number of nitrogens with zero attached hydrogens (tertiary/aromatic N) is 5. The highest BCUT2D eigenvalue weighted by molar-refractivity contribution is 7.09. The lowest BCUT2D eigenvalue weighted by atomic mass is 9.98. The Morgan fingerprint density at radius 1 is 1.21 bits per heavy atom. The SMILES string of the molecule is CCc1cnc(N2CCC(c3nc(COc4ccc(/C=[N+](\[O-])CC)cc4C)cs3)CC2)nc1. The molecule has 33 heavy (non-hydrogen) atoms. The minimum atomic E-state index is 0.433. The molecule has 4 rings (SSSR count). The summed E-state index contributed by atoms with van der Waals surface area (Å²) in [5.41, 5.74) is 4.01. The molecule has 8 heteroatoms. The summed E-state index contributed by atoms with van der Waals surface area (Å²) in [4.78, 5) is 16.2. The van der Waals surface area contributed by atoms with E-state index in [2.05, 4.69) is 27.2 Å². The first-order chi connectivity index (χ1) is 16.1. The third kappa shape index (κ3) is 5.87. The van der Waals surface area contributed by atoms with Gasteiger partial charge in [-0.05, 0) is 62.4 Å². The number of aryl methyl sites for hydroxylation is 2. The molecule has 174 valence electrons. The van der Waals surface area contributed by atoms with Crippen molar-refractivity contribution in [2.24, 2.45) is 0 Å². The first-order valence-corrected chi connectivity index (χ1v) is 12.5. The molecule has 3 aromatic rings. The van der Waals surface area contributed by atoms with Crippen molar-refractivity contribution in [2.75, 3.05) is 24.5 Å². The zero-order valence-corrected chi connectivity index (χ0v) is 20.3. The van der Waals surface area contributed by atoms with E-state index in [1.165, 1.54) is 10.6 Å². The van der Waals surface area contributed by atoms with Crippen LogP contribution in [0.5, 0.6) is 5.75 Å². The van der Waals surface area contributed by atoms with E-state index in [1.54, 1.807) is 17.6 Å². The van der Waals surface area contributed by atoms with Gasteiger partial charge in [0.05, 0.1) is 10.7 Å². The quantitative estimate of drug-likeness (QED) is 0.207. The Hall–Kier alpha value is -3.00. The molecule has 0 unspecified atom stereocenters. The number of hydrogen-bond acceptors (Lipinski definition) is 7. The molecular formula is C25H31N5O2S. The largest absolute Gasteiger partial charge is 0.624 e. The van der Waals surface area contributed by atoms with Crippen molar-refractivity contribution in [3.05, 3.63) is 68.6 Å². The normalized spacial score (nSPS) is 15.1. The van der Waals surface area contributed by atoms with Gasteiger partial charge in [0.1, 0.15) is 12.4 Å². The highest BCUT2D eigenvalue weighted by Gasteiger charge is 2.24. The van der Waals surface area contributed by atoms with E-state index < -0.39 is 0 Å². The van der Waals surface area contributed by atoms with Gasteiger partial charge in [0.15, 0.2) is 12.8 Å². The summed E-state index contributed by atoms with van der Waals surface area (Å²) in [6.07, 6.45) is 8.52. The van der Waals surface area contributed by atoms with Crippen LogP contribution in [0, 0.1) is 12.1 Å². The van der Waals surface area contributed by atoms with Gasteiger partial charge in [-0.3, -0.25) is 0 Å². The van der Waals surface area contributed by atoms with Crippen LogP contribution in [0.3, 0.4) is 0 Å². The van der Waals surface area contributed by atoms with Gasteiger partial charge in [-0.25, -0.2) is 19.7 Å². The van der Waals surface area contributed by atoms with Crippen LogP contribution in [-0.2, 0) is 13.0 Å². The highest BCUT2D eigenvalue weighted by atomic mass is 32.1. The number of aromatic nitrogens is 3. The Morgan fingerprint density at radius 3 is 2.64 bits per heavy atom. The van der Waals surface area contributed by atoms with Gasteiger partial charge >= 0.3 is 0 Å². The van der Waals surface area contributed by atoms with Crippen LogP contribution in [0.2, 0.25) is 0 Å². The predicted molar refractivity (Wildman–Crippen MR) is 133 cm³/mol. The van der Waals surface area contributed by atoms with Crippen molar-refractivity contribution in [1.82, 2.24) is 15.0 Å². The second kappa shape index (κ2) is 10.7. The maximum Gasteiger partial charge on any atom is 0.225 e. The molecule has 0 radical (unpaired) electrons. The zero-order chi connectivity index (χ0) is 23.2. The number of benzene rings is 1. The average molecular weight is 466 g/mol. The van der Waals surface area contributed by atoms with Crippen molar-refractivity contribution in [3.63, 3.8) is 0 Å². The molecule has 1 aliphatic heterocycles. The molecule has 1 aromatic carbocycles. The Bertz CT molecular complexity index is 1090. The fourth-order valence-electron chi connectivity index (χ4n) is 3.92. The number of hydroxylamine groups is 1. The lowest BCUT2D eigenvalue weighted by Crippen LogP contribution is -2.34. The molecule has 0 spiro atoms. The van der Waals surface area contributed by atoms with Gasteiger partial charge in [-0.1, -0.05) is 6.92 Å². The van der Waals surface area contributed by atoms with E-state index in [0.717, 1.165) is 65.6 Å². The number of hydrogen-bond donors (Lipinski definition) is 0. The minimum absolute atomic E-state index is 0.433. The average Bonchev–Trinajstić information content (AvgIpc) is 3.33. The monoisotopic (exact) mass is 465 g/mol. The fourth-order valence-corrected chi connectivity index (χ4v) is 4.90. The van der Waals surface area contributed by atoms with Gasteiger partial charge in [-0.2, -0.15) is 0 Å². The summed E-state index contributed by atoms with van der Waals surface area (Å²) in [7, 11) is 0. The molecule has 0 amide bonds. The maximum atomic E-state index is 11.5. The van der Waals surface area contributed by atoms with Gasteiger partial charge in [-0.15, -0.1) is 11.3 Å². The molecule has 0 saturated carbocycles. The van der Waals surface area contributed by atoms with E-state index in [9.17, 15) is 5.21 Å². The minimum Gasteiger partial charge on any atom is -0.624 e. The molecule has 1 fully saturated rings. The summed E-state index contributed by atoms with van der Waals surface area (Å²) >= 11 is 1.72. The topological polar surface area (TPSA) is 77.2 Å². The molecule has 7 nitrogen and oxygen atoms in total. The van der Waals surface area contributed by atoms with Crippen molar-refractivity contribution < 1.29 is 9.48 Å². The van der Waals surface area contributed by atoms with E-state index in [1.807, 2.05) is 44.4 Å². The van der Waals surface area contributed by atoms with Crippen LogP contribution in [0.15, 0.2) is 36.0 Å². The van der Waals surface area contributed by atoms with Gasteiger partial charge in [0.2, 0.25) is 5.95 Å². The van der Waals surface area contributed by atoms with Crippen LogP contribution < -0.4 is 9.64 Å². The van der Waals surface area contributed by atoms with Crippen LogP contribution in [-0.4, -0.2) is 45.5 Å². The Kier molecular flexibility index (Phi) is 7.54. The second-order valence-corrected chi connectivity index (χ2v) is 9.25. The lowest BCUT2D eigenvalue weighted by molar-refractivity contribution is -0.447. The highest BCUT2D eigenvalue weighted by Crippen LogP contribution is 2.31. The maximum absolute atomic E-state index is 11.5. The standard InChI is InChI=1S/C25H31N5O2S/c1-4-19-13-26-25(27-14-19)29-10-8-21(9-11-29)24-28-22(17-33-24)16-32-23-7-6-20(12-18(23)3)15-30(31)5-2/h6-7,12-15,17,21H,4-5,8-11,16H2,1-3H3/b30-15-. The summed E-state index contributed by atoms with van der Waals surface area (Å²) in [5, 5.41) is 14.8. The molecule has 0 bridgehead atoms. The van der Waals surface area contributed by atoms with Gasteiger partial charge < -0.3 is 14.8 Å². The summed E-state index contributed by atoms with van der Waals surface area (Å²) in [6.45, 7) is 8.71. The van der Waals surface area contributed by atoms with Crippen LogP contribution in [0.4, 0.5) is 5.95 Å². The van der Waals surface area contributed by atoms with Crippen LogP contribution >= 0.6 is 11.3 Å². The number of rotatable bonds is 8. The van der Waals surface area contributed by atoms with E-state index in [4.69, 9.17) is 9.72 Å². The number of anilines is 1. The van der Waals surface area contributed by atoms with Crippen LogP contribution in [0.25, 0.3) is 0 Å². The number of ether oxygens (including phenoxy) is 1. The van der Waals surface area contributed by atoms with E-state index in [0.29, 0.717) is 19.1 Å². The molecule has 0 atom stereocenters. The second-order valence-electron chi connectivity index (χ2n) is 8.36. The van der Waals surface area contributed by atoms with Crippen molar-refractivity contribution in [2.45, 2.75) is 52.6 Å². The predicted octanol–water partition coefficient (Wildman–Crippen LogP) is 4.72. The van der Waals surface area contributed by atoms with Crippen LogP contribution in [0.1, 0.15) is 60.0 Å². The molecule has 0 N–H and O–H groups in total. The molecule has 3 heterocycles. The smallest absolute Gasteiger partial charge is 0.225 e. The summed E-state index contributed by atoms with van der Waals surface area (Å²) in [5.74, 6) is 2.12. The van der Waals surface area contributed by atoms with E-state index >= 15 is 0 Å². The van der Waals surface area contributed by atoms with Crippen molar-refractivity contribution in [3.8, 4) is 5.75 Å². The Labute approximate surface area is 199 Å². The van der Waals surface area contributed by atoms with E-state index in [-0.39, 0.29) is 0 Å². The third-order valence-electron chi connectivity index (χ3n) is 5.98. The molecule has 0 aliphatic carbocycles. The first kappa shape index (κ1) is 23.2. The molecule has 1 saturated heterocycles. The Morgan fingerprint density at radius 2 is 1.97 bits per heavy atom.